The Morgan fingerprint density at radius 1 is 1.03 bits per heavy atom. The van der Waals surface area contributed by atoms with Crippen LogP contribution in [0.3, 0.4) is 0 Å². The molecule has 1 N–H and O–H groups in total. The number of aryl methyl sites for hydroxylation is 1. The fraction of sp³-hybridized carbons (Fsp3) is 0.174. The van der Waals surface area contributed by atoms with Crippen LogP contribution in [0, 0.1) is 6.92 Å². The summed E-state index contributed by atoms with van der Waals surface area (Å²) in [6.07, 6.45) is -3.63. The lowest BCUT2D eigenvalue weighted by Gasteiger charge is -2.23. The van der Waals surface area contributed by atoms with E-state index in [9.17, 15) is 26.4 Å². The number of hydrogen-bond acceptors (Lipinski definition) is 3. The van der Waals surface area contributed by atoms with E-state index in [0.717, 1.165) is 29.5 Å². The Hall–Kier alpha value is -3.04. The van der Waals surface area contributed by atoms with E-state index >= 15 is 0 Å². The van der Waals surface area contributed by atoms with Gasteiger partial charge in [0, 0.05) is 10.6 Å². The van der Waals surface area contributed by atoms with Gasteiger partial charge >= 0.3 is 6.18 Å². The Balaban J connectivity index is 1.86. The fourth-order valence-electron chi connectivity index (χ4n) is 3.18. The summed E-state index contributed by atoms with van der Waals surface area (Å²) in [5, 5.41) is 2.13. The van der Waals surface area contributed by atoms with E-state index in [1.165, 1.54) is 34.6 Å². The summed E-state index contributed by atoms with van der Waals surface area (Å²) in [5.41, 5.74) is 0.614. The molecule has 0 atom stereocenters. The van der Waals surface area contributed by atoms with E-state index in [1.54, 1.807) is 0 Å². The number of rotatable bonds is 6. The topological polar surface area (TPSA) is 66.5 Å². The maximum absolute atomic E-state index is 13.3. The third kappa shape index (κ3) is 6.06. The van der Waals surface area contributed by atoms with Gasteiger partial charge in [-0.25, -0.2) is 8.42 Å². The van der Waals surface area contributed by atoms with Crippen LogP contribution in [0.2, 0.25) is 5.02 Å². The molecule has 0 spiro atoms. The smallest absolute Gasteiger partial charge is 0.321 e. The lowest BCUT2D eigenvalue weighted by molar-refractivity contribution is -0.136. The first-order valence-electron chi connectivity index (χ1n) is 9.66. The highest BCUT2D eigenvalue weighted by molar-refractivity contribution is 7.92. The number of benzene rings is 3. The van der Waals surface area contributed by atoms with Gasteiger partial charge in [-0.3, -0.25) is 9.10 Å². The van der Waals surface area contributed by atoms with Crippen molar-refractivity contribution in [3.8, 4) is 0 Å². The van der Waals surface area contributed by atoms with Crippen LogP contribution >= 0.6 is 11.6 Å². The zero-order valence-corrected chi connectivity index (χ0v) is 19.2. The van der Waals surface area contributed by atoms with Crippen LogP contribution in [0.5, 0.6) is 0 Å². The number of alkyl halides is 3. The van der Waals surface area contributed by atoms with Gasteiger partial charge in [-0.1, -0.05) is 35.9 Å². The Labute approximate surface area is 194 Å². The molecule has 33 heavy (non-hydrogen) atoms. The molecule has 3 rings (SSSR count). The number of nitrogens with zero attached hydrogens (tertiary/aromatic N) is 1. The average Bonchev–Trinajstić information content (AvgIpc) is 2.73. The van der Waals surface area contributed by atoms with Crippen LogP contribution in [-0.2, 0) is 22.7 Å². The summed E-state index contributed by atoms with van der Waals surface area (Å²) in [7, 11) is -3.65. The van der Waals surface area contributed by atoms with Crippen molar-refractivity contribution in [3.05, 3.63) is 94.0 Å². The van der Waals surface area contributed by atoms with Crippen molar-refractivity contribution in [2.75, 3.05) is 15.9 Å². The monoisotopic (exact) mass is 496 g/mol. The molecule has 3 aromatic carbocycles. The van der Waals surface area contributed by atoms with E-state index < -0.39 is 33.4 Å². The third-order valence-electron chi connectivity index (χ3n) is 4.93. The molecule has 0 fully saturated rings. The molecule has 0 unspecified atom stereocenters. The molecule has 0 heterocycles. The third-order valence-corrected chi connectivity index (χ3v) is 6.30. The van der Waals surface area contributed by atoms with E-state index in [-0.39, 0.29) is 17.1 Å². The first-order chi connectivity index (χ1) is 15.4. The molecule has 0 radical (unpaired) electrons. The standard InChI is InChI=1S/C23H20ClF3N2O3S/c1-15-5-3-4-6-17(15)14-29(33(2,31)32)19-10-7-16(8-11-19)22(30)28-21-12-9-18(24)13-20(21)23(25,26)27/h3-13H,14H2,1-2H3,(H,28,30). The number of amides is 1. The summed E-state index contributed by atoms with van der Waals surface area (Å²) in [6, 6.07) is 16.0. The maximum atomic E-state index is 13.3. The lowest BCUT2D eigenvalue weighted by Crippen LogP contribution is -2.29. The van der Waals surface area contributed by atoms with Gasteiger partial charge in [0.05, 0.1) is 29.7 Å². The van der Waals surface area contributed by atoms with Gasteiger partial charge in [-0.05, 0) is 60.5 Å². The van der Waals surface area contributed by atoms with Crippen molar-refractivity contribution < 1.29 is 26.4 Å². The number of carbonyl (C=O) groups excluding carboxylic acids is 1. The molecule has 0 saturated carbocycles. The first-order valence-corrected chi connectivity index (χ1v) is 11.9. The number of sulfonamides is 1. The second kappa shape index (κ2) is 9.44. The molecule has 0 aliphatic carbocycles. The number of nitrogens with one attached hydrogen (secondary N) is 1. The largest absolute Gasteiger partial charge is 0.418 e. The highest BCUT2D eigenvalue weighted by atomic mass is 35.5. The Kier molecular flexibility index (Phi) is 7.04. The van der Waals surface area contributed by atoms with Gasteiger partial charge in [-0.15, -0.1) is 0 Å². The molecule has 1 amide bonds. The predicted octanol–water partition coefficient (Wildman–Crippen LogP) is 5.89. The molecule has 3 aromatic rings. The minimum atomic E-state index is -4.71. The summed E-state index contributed by atoms with van der Waals surface area (Å²) < 4.78 is 65.8. The molecule has 5 nitrogen and oxygen atoms in total. The normalized spacial score (nSPS) is 11.8. The number of halogens is 4. The summed E-state index contributed by atoms with van der Waals surface area (Å²) in [6.45, 7) is 1.96. The molecule has 0 aliphatic heterocycles. The number of carbonyl (C=O) groups is 1. The predicted molar refractivity (Wildman–Crippen MR) is 123 cm³/mol. The summed E-state index contributed by atoms with van der Waals surface area (Å²) in [4.78, 5) is 12.5. The van der Waals surface area contributed by atoms with Crippen molar-refractivity contribution in [1.29, 1.82) is 0 Å². The van der Waals surface area contributed by atoms with Crippen LogP contribution < -0.4 is 9.62 Å². The fourth-order valence-corrected chi connectivity index (χ4v) is 4.23. The zero-order valence-electron chi connectivity index (χ0n) is 17.7. The molecular weight excluding hydrogens is 477 g/mol. The number of hydrogen-bond donors (Lipinski definition) is 1. The average molecular weight is 497 g/mol. The van der Waals surface area contributed by atoms with Gasteiger partial charge in [0.2, 0.25) is 10.0 Å². The minimum Gasteiger partial charge on any atom is -0.321 e. The van der Waals surface area contributed by atoms with Gasteiger partial charge in [0.15, 0.2) is 0 Å². The van der Waals surface area contributed by atoms with Gasteiger partial charge < -0.3 is 5.32 Å². The Bertz CT molecular complexity index is 1280. The quantitative estimate of drug-likeness (QED) is 0.463. The van der Waals surface area contributed by atoms with Gasteiger partial charge in [0.1, 0.15) is 0 Å². The van der Waals surface area contributed by atoms with Crippen molar-refractivity contribution in [3.63, 3.8) is 0 Å². The minimum absolute atomic E-state index is 0.0613. The molecule has 0 bridgehead atoms. The van der Waals surface area contributed by atoms with E-state index in [0.29, 0.717) is 5.69 Å². The Morgan fingerprint density at radius 2 is 1.67 bits per heavy atom. The molecular formula is C23H20ClF3N2O3S. The lowest BCUT2D eigenvalue weighted by atomic mass is 10.1. The second-order valence-corrected chi connectivity index (χ2v) is 9.73. The molecule has 0 aromatic heterocycles. The maximum Gasteiger partial charge on any atom is 0.418 e. The van der Waals surface area contributed by atoms with E-state index in [1.807, 2.05) is 31.2 Å². The first kappa shape index (κ1) is 24.6. The van der Waals surface area contributed by atoms with Crippen molar-refractivity contribution in [2.45, 2.75) is 19.6 Å². The SMILES string of the molecule is Cc1ccccc1CN(c1ccc(C(=O)Nc2ccc(Cl)cc2C(F)(F)F)cc1)S(C)(=O)=O. The van der Waals surface area contributed by atoms with Crippen LogP contribution in [0.25, 0.3) is 0 Å². The Morgan fingerprint density at radius 3 is 2.24 bits per heavy atom. The molecule has 174 valence electrons. The van der Waals surface area contributed by atoms with Crippen LogP contribution in [0.1, 0.15) is 27.0 Å². The highest BCUT2D eigenvalue weighted by Crippen LogP contribution is 2.36. The highest BCUT2D eigenvalue weighted by Gasteiger charge is 2.34. The van der Waals surface area contributed by atoms with Crippen LogP contribution in [0.15, 0.2) is 66.7 Å². The van der Waals surface area contributed by atoms with Gasteiger partial charge in [0.25, 0.3) is 5.91 Å². The zero-order chi connectivity index (χ0) is 24.4. The summed E-state index contributed by atoms with van der Waals surface area (Å²) >= 11 is 5.66. The van der Waals surface area contributed by atoms with E-state index in [4.69, 9.17) is 11.6 Å². The van der Waals surface area contributed by atoms with Gasteiger partial charge in [-0.2, -0.15) is 13.2 Å². The summed E-state index contributed by atoms with van der Waals surface area (Å²) in [5.74, 6) is -0.779. The van der Waals surface area contributed by atoms with Crippen molar-refractivity contribution in [2.24, 2.45) is 0 Å². The molecule has 0 saturated heterocycles. The van der Waals surface area contributed by atoms with E-state index in [2.05, 4.69) is 5.32 Å². The van der Waals surface area contributed by atoms with Crippen molar-refractivity contribution in [1.82, 2.24) is 0 Å². The second-order valence-electron chi connectivity index (χ2n) is 7.38. The van der Waals surface area contributed by atoms with Crippen molar-refractivity contribution >= 4 is 38.9 Å². The molecule has 10 heteroatoms. The van der Waals surface area contributed by atoms with Crippen LogP contribution in [-0.4, -0.2) is 20.6 Å². The number of anilines is 2. The van der Waals surface area contributed by atoms with Crippen LogP contribution in [0.4, 0.5) is 24.5 Å². The molecule has 0 aliphatic rings.